The fraction of sp³-hybridized carbons (Fsp3) is 0.600. The Kier molecular flexibility index (Phi) is 19.3. The molecule has 0 amide bonds. The van der Waals surface area contributed by atoms with E-state index in [1.807, 2.05) is 32.1 Å². The van der Waals surface area contributed by atoms with E-state index in [2.05, 4.69) is 13.5 Å². The van der Waals surface area contributed by atoms with Crippen molar-refractivity contribution in [3.8, 4) is 0 Å². The molecule has 0 heterocycles. The Morgan fingerprint density at radius 3 is 1.80 bits per heavy atom. The highest BCUT2D eigenvalue weighted by Gasteiger charge is 1.71. The van der Waals surface area contributed by atoms with Crippen LogP contribution in [0.1, 0.15) is 40.0 Å². The van der Waals surface area contributed by atoms with E-state index < -0.39 is 0 Å². The minimum Gasteiger partial charge on any atom is -0.103 e. The minimum absolute atomic E-state index is 1.18. The zero-order valence-electron chi connectivity index (χ0n) is 7.56. The molecule has 0 radical (unpaired) electrons. The van der Waals surface area contributed by atoms with E-state index in [1.54, 1.807) is 0 Å². The van der Waals surface area contributed by atoms with E-state index in [0.29, 0.717) is 0 Å². The molecule has 0 heteroatoms. The molecule has 10 heavy (non-hydrogen) atoms. The number of rotatable bonds is 3. The lowest BCUT2D eigenvalue weighted by Gasteiger charge is -1.81. The Bertz CT molecular complexity index is 66.1. The third-order valence-corrected chi connectivity index (χ3v) is 1.10. The van der Waals surface area contributed by atoms with Crippen molar-refractivity contribution in [2.24, 2.45) is 0 Å². The maximum absolute atomic E-state index is 3.60. The van der Waals surface area contributed by atoms with Crippen LogP contribution in [0.5, 0.6) is 0 Å². The molecule has 0 aromatic heterocycles. The molecule has 0 aliphatic heterocycles. The van der Waals surface area contributed by atoms with E-state index in [1.165, 1.54) is 19.3 Å². The van der Waals surface area contributed by atoms with Gasteiger partial charge in [0, 0.05) is 0 Å². The van der Waals surface area contributed by atoms with Crippen LogP contribution in [0.4, 0.5) is 0 Å². The summed E-state index contributed by atoms with van der Waals surface area (Å²) in [4.78, 5) is 0. The quantitative estimate of drug-likeness (QED) is 0.411. The van der Waals surface area contributed by atoms with Crippen LogP contribution in [0.2, 0.25) is 0 Å². The smallest absolute Gasteiger partial charge is 0.0354 e. The van der Waals surface area contributed by atoms with Gasteiger partial charge in [-0.1, -0.05) is 38.0 Å². The SMILES string of the molecule is C=CCCCC.CC=CC. The molecule has 0 aromatic rings. The molecule has 0 unspecified atom stereocenters. The second kappa shape index (κ2) is 15.8. The van der Waals surface area contributed by atoms with Crippen molar-refractivity contribution in [2.45, 2.75) is 40.0 Å². The fourth-order valence-corrected chi connectivity index (χ4v) is 0.348. The maximum atomic E-state index is 3.60. The molecule has 0 fully saturated rings. The van der Waals surface area contributed by atoms with Crippen LogP contribution in [-0.4, -0.2) is 0 Å². The van der Waals surface area contributed by atoms with E-state index >= 15 is 0 Å². The van der Waals surface area contributed by atoms with Crippen molar-refractivity contribution in [3.05, 3.63) is 24.8 Å². The van der Waals surface area contributed by atoms with Crippen LogP contribution in [0.15, 0.2) is 24.8 Å². The molecule has 0 rings (SSSR count). The monoisotopic (exact) mass is 140 g/mol. The van der Waals surface area contributed by atoms with Crippen LogP contribution in [0.3, 0.4) is 0 Å². The fourth-order valence-electron chi connectivity index (χ4n) is 0.348. The molecule has 0 spiro atoms. The Morgan fingerprint density at radius 1 is 1.20 bits per heavy atom. The Labute approximate surface area is 65.7 Å². The minimum atomic E-state index is 1.18. The first-order valence-electron chi connectivity index (χ1n) is 4.01. The van der Waals surface area contributed by atoms with Gasteiger partial charge in [-0.25, -0.2) is 0 Å². The second-order valence-electron chi connectivity index (χ2n) is 2.10. The van der Waals surface area contributed by atoms with Gasteiger partial charge in [-0.15, -0.1) is 6.58 Å². The van der Waals surface area contributed by atoms with Crippen LogP contribution < -0.4 is 0 Å². The zero-order valence-corrected chi connectivity index (χ0v) is 7.56. The molecule has 60 valence electrons. The van der Waals surface area contributed by atoms with Gasteiger partial charge in [-0.2, -0.15) is 0 Å². The summed E-state index contributed by atoms with van der Waals surface area (Å²) in [6, 6.07) is 0. The third-order valence-electron chi connectivity index (χ3n) is 1.10. The van der Waals surface area contributed by atoms with Gasteiger partial charge in [0.2, 0.25) is 0 Å². The van der Waals surface area contributed by atoms with Crippen molar-refractivity contribution >= 4 is 0 Å². The summed E-state index contributed by atoms with van der Waals surface area (Å²) >= 11 is 0. The van der Waals surface area contributed by atoms with Gasteiger partial charge in [0.05, 0.1) is 0 Å². The molecule has 0 nitrogen and oxygen atoms in total. The molecule has 0 N–H and O–H groups in total. The number of hydrogen-bond donors (Lipinski definition) is 0. The number of allylic oxidation sites excluding steroid dienone is 3. The van der Waals surface area contributed by atoms with Gasteiger partial charge >= 0.3 is 0 Å². The molecule has 0 aliphatic carbocycles. The Balaban J connectivity index is 0. The van der Waals surface area contributed by atoms with Crippen LogP contribution in [0, 0.1) is 0 Å². The van der Waals surface area contributed by atoms with E-state index in [9.17, 15) is 0 Å². The van der Waals surface area contributed by atoms with E-state index in [-0.39, 0.29) is 0 Å². The summed E-state index contributed by atoms with van der Waals surface area (Å²) in [5.74, 6) is 0. The Hall–Kier alpha value is -0.520. The molecule has 0 atom stereocenters. The summed E-state index contributed by atoms with van der Waals surface area (Å²) in [5, 5.41) is 0. The van der Waals surface area contributed by atoms with Gasteiger partial charge in [0.25, 0.3) is 0 Å². The van der Waals surface area contributed by atoms with Crippen molar-refractivity contribution in [2.75, 3.05) is 0 Å². The zero-order chi connectivity index (χ0) is 8.24. The average molecular weight is 140 g/mol. The van der Waals surface area contributed by atoms with Gasteiger partial charge in [-0.3, -0.25) is 0 Å². The van der Waals surface area contributed by atoms with Crippen LogP contribution in [0.25, 0.3) is 0 Å². The van der Waals surface area contributed by atoms with Crippen molar-refractivity contribution in [3.63, 3.8) is 0 Å². The first kappa shape index (κ1) is 12.2. The highest BCUT2D eigenvalue weighted by molar-refractivity contribution is 4.68. The van der Waals surface area contributed by atoms with E-state index in [0.717, 1.165) is 0 Å². The Morgan fingerprint density at radius 2 is 1.70 bits per heavy atom. The summed E-state index contributed by atoms with van der Waals surface area (Å²) in [7, 11) is 0. The predicted octanol–water partition coefficient (Wildman–Crippen LogP) is 3.95. The molecule has 0 saturated heterocycles. The summed E-state index contributed by atoms with van der Waals surface area (Å²) in [6.07, 6.45) is 9.72. The molecule has 0 aliphatic rings. The molecular formula is C10H20. The number of hydrogen-bond acceptors (Lipinski definition) is 0. The van der Waals surface area contributed by atoms with Crippen LogP contribution >= 0.6 is 0 Å². The standard InChI is InChI=1S/C6H12.C4H8/c1-3-5-6-4-2;1-3-4-2/h3H,1,4-6H2,2H3;3-4H,1-2H3. The van der Waals surface area contributed by atoms with Crippen LogP contribution in [-0.2, 0) is 0 Å². The highest BCUT2D eigenvalue weighted by atomic mass is 13.8. The van der Waals surface area contributed by atoms with E-state index in [4.69, 9.17) is 0 Å². The maximum Gasteiger partial charge on any atom is -0.0354 e. The summed E-state index contributed by atoms with van der Waals surface area (Å²) < 4.78 is 0. The first-order valence-corrected chi connectivity index (χ1v) is 4.01. The predicted molar refractivity (Wildman–Crippen MR) is 50.2 cm³/mol. The van der Waals surface area contributed by atoms with Crippen molar-refractivity contribution < 1.29 is 0 Å². The molecular weight excluding hydrogens is 120 g/mol. The van der Waals surface area contributed by atoms with Crippen molar-refractivity contribution in [1.29, 1.82) is 0 Å². The lowest BCUT2D eigenvalue weighted by atomic mass is 10.3. The first-order chi connectivity index (χ1) is 4.83. The highest BCUT2D eigenvalue weighted by Crippen LogP contribution is 1.91. The molecule has 0 aromatic carbocycles. The van der Waals surface area contributed by atoms with Gasteiger partial charge < -0.3 is 0 Å². The van der Waals surface area contributed by atoms with Gasteiger partial charge in [0.15, 0.2) is 0 Å². The lowest BCUT2D eigenvalue weighted by molar-refractivity contribution is 0.816. The lowest BCUT2D eigenvalue weighted by Crippen LogP contribution is -1.61. The summed E-state index contributed by atoms with van der Waals surface area (Å²) in [6.45, 7) is 9.78. The largest absolute Gasteiger partial charge is 0.103 e. The molecule has 0 saturated carbocycles. The summed E-state index contributed by atoms with van der Waals surface area (Å²) in [5.41, 5.74) is 0. The third kappa shape index (κ3) is 25.9. The number of unbranched alkanes of at least 4 members (excludes halogenated alkanes) is 2. The van der Waals surface area contributed by atoms with Gasteiger partial charge in [-0.05, 0) is 20.3 Å². The normalized spacial score (nSPS) is 8.70. The second-order valence-corrected chi connectivity index (χ2v) is 2.10. The van der Waals surface area contributed by atoms with Crippen molar-refractivity contribution in [1.82, 2.24) is 0 Å². The van der Waals surface area contributed by atoms with Gasteiger partial charge in [0.1, 0.15) is 0 Å². The topological polar surface area (TPSA) is 0 Å². The average Bonchev–Trinajstić information content (AvgIpc) is 2.01. The molecule has 0 bridgehead atoms.